The molecule has 0 heterocycles. The first-order chi connectivity index (χ1) is 9.56. The van der Waals surface area contributed by atoms with Crippen molar-refractivity contribution in [2.24, 2.45) is 0 Å². The van der Waals surface area contributed by atoms with E-state index in [0.29, 0.717) is 0 Å². The maximum Gasteiger partial charge on any atom is 0.466 e. The van der Waals surface area contributed by atoms with Crippen molar-refractivity contribution in [3.05, 3.63) is 0 Å². The minimum Gasteiger partial charge on any atom is -0.344 e. The van der Waals surface area contributed by atoms with Crippen molar-refractivity contribution in [3.8, 4) is 0 Å². The van der Waals surface area contributed by atoms with Crippen molar-refractivity contribution in [1.29, 1.82) is 0 Å². The number of quaternary nitrogens is 1. The second-order valence-electron chi connectivity index (χ2n) is 6.71. The van der Waals surface area contributed by atoms with Gasteiger partial charge in [-0.2, -0.15) is 0 Å². The molecule has 0 bridgehead atoms. The molecule has 0 saturated heterocycles. The average Bonchev–Trinajstić information content (AvgIpc) is 2.28. The molecule has 22 heavy (non-hydrogen) atoms. The second-order valence-corrected chi connectivity index (χ2v) is 7.74. The van der Waals surface area contributed by atoms with Gasteiger partial charge in [0.25, 0.3) is 0 Å². The molecule has 0 amide bonds. The molecule has 0 aliphatic carbocycles. The van der Waals surface area contributed by atoms with E-state index in [4.69, 9.17) is 19.2 Å². The SMILES string of the molecule is CCCCCCCCCCCC[N+](C)(C)C.N.O=P(O)(O)O. The summed E-state index contributed by atoms with van der Waals surface area (Å²) < 4.78 is 10.0. The molecule has 0 unspecified atom stereocenters. The second kappa shape index (κ2) is 15.9. The van der Waals surface area contributed by atoms with Gasteiger partial charge in [-0.1, -0.05) is 58.3 Å². The standard InChI is InChI=1S/C15H34N.H3N.H3O4P/c1-5-6-7-8-9-10-11-12-13-14-15-16(2,3)4;;1-5(2,3)4/h5-15H2,1-4H3;1H3;(H3,1,2,3,4)/q+1;;. The summed E-state index contributed by atoms with van der Waals surface area (Å²) in [5.41, 5.74) is 0. The van der Waals surface area contributed by atoms with Crippen LogP contribution in [0.25, 0.3) is 0 Å². The summed E-state index contributed by atoms with van der Waals surface area (Å²) in [4.78, 5) is 21.6. The number of nitrogens with zero attached hydrogens (tertiary/aromatic N) is 1. The lowest BCUT2D eigenvalue weighted by molar-refractivity contribution is -0.870. The lowest BCUT2D eigenvalue weighted by atomic mass is 10.1. The van der Waals surface area contributed by atoms with Crippen LogP contribution in [-0.2, 0) is 4.57 Å². The molecule has 0 aromatic rings. The van der Waals surface area contributed by atoms with E-state index in [1.165, 1.54) is 70.8 Å². The number of unbranched alkanes of at least 4 members (excludes halogenated alkanes) is 9. The molecule has 0 aliphatic heterocycles. The van der Waals surface area contributed by atoms with Gasteiger partial charge in [0, 0.05) is 0 Å². The smallest absolute Gasteiger partial charge is 0.344 e. The number of hydrogen-bond acceptors (Lipinski definition) is 2. The molecule has 0 fully saturated rings. The Morgan fingerprint density at radius 2 is 1.00 bits per heavy atom. The van der Waals surface area contributed by atoms with Crippen molar-refractivity contribution < 1.29 is 23.7 Å². The Bertz CT molecular complexity index is 256. The highest BCUT2D eigenvalue weighted by molar-refractivity contribution is 7.45. The fourth-order valence-electron chi connectivity index (χ4n) is 2.07. The lowest BCUT2D eigenvalue weighted by Crippen LogP contribution is -2.35. The summed E-state index contributed by atoms with van der Waals surface area (Å²) in [6.45, 7) is 3.62. The van der Waals surface area contributed by atoms with E-state index in [1.54, 1.807) is 0 Å². The molecule has 138 valence electrons. The molecular formula is C15H40N2O4P+. The fourth-order valence-corrected chi connectivity index (χ4v) is 2.07. The summed E-state index contributed by atoms with van der Waals surface area (Å²) >= 11 is 0. The quantitative estimate of drug-likeness (QED) is 0.258. The summed E-state index contributed by atoms with van der Waals surface area (Å²) in [5, 5.41) is 0. The monoisotopic (exact) mass is 343 g/mol. The van der Waals surface area contributed by atoms with Crippen molar-refractivity contribution >= 4 is 7.82 Å². The van der Waals surface area contributed by atoms with Gasteiger partial charge < -0.3 is 25.3 Å². The van der Waals surface area contributed by atoms with Crippen LogP contribution >= 0.6 is 7.82 Å². The van der Waals surface area contributed by atoms with Crippen LogP contribution in [0.1, 0.15) is 71.1 Å². The zero-order chi connectivity index (χ0) is 16.8. The van der Waals surface area contributed by atoms with Crippen LogP contribution in [0.2, 0.25) is 0 Å². The lowest BCUT2D eigenvalue weighted by Gasteiger charge is -2.23. The van der Waals surface area contributed by atoms with Crippen LogP contribution in [0, 0.1) is 0 Å². The van der Waals surface area contributed by atoms with Gasteiger partial charge in [-0.3, -0.25) is 0 Å². The Kier molecular flexibility index (Phi) is 19.5. The summed E-state index contributed by atoms with van der Waals surface area (Å²) in [6.07, 6.45) is 14.4. The largest absolute Gasteiger partial charge is 0.466 e. The number of phosphoric acid groups is 1. The Morgan fingerprint density at radius 3 is 1.27 bits per heavy atom. The van der Waals surface area contributed by atoms with Crippen LogP contribution < -0.4 is 6.15 Å². The zero-order valence-electron chi connectivity index (χ0n) is 15.1. The molecule has 6 N–H and O–H groups in total. The van der Waals surface area contributed by atoms with Gasteiger partial charge in [0.05, 0.1) is 27.7 Å². The van der Waals surface area contributed by atoms with Gasteiger partial charge >= 0.3 is 7.82 Å². The Morgan fingerprint density at radius 1 is 0.727 bits per heavy atom. The normalized spacial score (nSPS) is 11.4. The van der Waals surface area contributed by atoms with E-state index in [2.05, 4.69) is 28.1 Å². The Hall–Kier alpha value is 0.0300. The molecule has 6 nitrogen and oxygen atoms in total. The van der Waals surface area contributed by atoms with Crippen LogP contribution in [0.5, 0.6) is 0 Å². The molecule has 0 aliphatic rings. The minimum atomic E-state index is -4.64. The van der Waals surface area contributed by atoms with Crippen molar-refractivity contribution in [1.82, 2.24) is 6.15 Å². The predicted octanol–water partition coefficient (Wildman–Crippen LogP) is 3.85. The average molecular weight is 343 g/mol. The molecule has 0 radical (unpaired) electrons. The van der Waals surface area contributed by atoms with Gasteiger partial charge in [-0.15, -0.1) is 0 Å². The minimum absolute atomic E-state index is 0. The number of rotatable bonds is 11. The third-order valence-electron chi connectivity index (χ3n) is 3.18. The Labute approximate surface area is 137 Å². The van der Waals surface area contributed by atoms with Crippen LogP contribution in [-0.4, -0.2) is 46.9 Å². The molecule has 0 atom stereocenters. The van der Waals surface area contributed by atoms with Crippen molar-refractivity contribution in [2.75, 3.05) is 27.7 Å². The molecule has 7 heteroatoms. The highest BCUT2D eigenvalue weighted by Gasteiger charge is 2.04. The van der Waals surface area contributed by atoms with Gasteiger partial charge in [0.2, 0.25) is 0 Å². The zero-order valence-corrected chi connectivity index (χ0v) is 16.0. The molecule has 0 rings (SSSR count). The maximum absolute atomic E-state index is 8.88. The van der Waals surface area contributed by atoms with E-state index in [-0.39, 0.29) is 6.15 Å². The first kappa shape index (κ1) is 26.9. The summed E-state index contributed by atoms with van der Waals surface area (Å²) in [7, 11) is 2.22. The van der Waals surface area contributed by atoms with E-state index in [0.717, 1.165) is 4.48 Å². The topological polar surface area (TPSA) is 113 Å². The maximum atomic E-state index is 8.88. The van der Waals surface area contributed by atoms with Crippen LogP contribution in [0.3, 0.4) is 0 Å². The predicted molar refractivity (Wildman–Crippen MR) is 94.0 cm³/mol. The van der Waals surface area contributed by atoms with Crippen LogP contribution in [0.15, 0.2) is 0 Å². The third-order valence-corrected chi connectivity index (χ3v) is 3.18. The fraction of sp³-hybridized carbons (Fsp3) is 1.00. The summed E-state index contributed by atoms with van der Waals surface area (Å²) in [6, 6.07) is 0. The van der Waals surface area contributed by atoms with E-state index < -0.39 is 7.82 Å². The van der Waals surface area contributed by atoms with Gasteiger partial charge in [-0.05, 0) is 12.8 Å². The first-order valence-corrected chi connectivity index (χ1v) is 9.71. The summed E-state index contributed by atoms with van der Waals surface area (Å²) in [5.74, 6) is 0. The van der Waals surface area contributed by atoms with Gasteiger partial charge in [-0.25, -0.2) is 4.57 Å². The Balaban J connectivity index is -0.000000520. The molecule has 0 spiro atoms. The molecule has 0 saturated carbocycles. The van der Waals surface area contributed by atoms with Crippen molar-refractivity contribution in [3.63, 3.8) is 0 Å². The molecular weight excluding hydrogens is 303 g/mol. The first-order valence-electron chi connectivity index (χ1n) is 8.15. The van der Waals surface area contributed by atoms with Gasteiger partial charge in [0.15, 0.2) is 0 Å². The van der Waals surface area contributed by atoms with E-state index in [1.807, 2.05) is 0 Å². The molecule has 0 aromatic heterocycles. The van der Waals surface area contributed by atoms with Crippen molar-refractivity contribution in [2.45, 2.75) is 71.1 Å². The van der Waals surface area contributed by atoms with Gasteiger partial charge in [0.1, 0.15) is 0 Å². The highest BCUT2D eigenvalue weighted by Crippen LogP contribution is 2.25. The van der Waals surface area contributed by atoms with E-state index in [9.17, 15) is 0 Å². The molecule has 0 aromatic carbocycles. The van der Waals surface area contributed by atoms with Crippen LogP contribution in [0.4, 0.5) is 0 Å². The van der Waals surface area contributed by atoms with E-state index >= 15 is 0 Å². The third kappa shape index (κ3) is 42.7. The highest BCUT2D eigenvalue weighted by atomic mass is 31.2. The number of hydrogen-bond donors (Lipinski definition) is 4.